The molecule has 8 heavy (non-hydrogen) atoms. The molecule has 0 saturated heterocycles. The van der Waals surface area contributed by atoms with Crippen molar-refractivity contribution < 1.29 is 18.9 Å². The van der Waals surface area contributed by atoms with E-state index in [9.17, 15) is 0 Å². The molecule has 0 amide bonds. The van der Waals surface area contributed by atoms with E-state index in [4.69, 9.17) is 5.41 Å². The third-order valence-corrected chi connectivity index (χ3v) is 0.647. The van der Waals surface area contributed by atoms with E-state index >= 15 is 0 Å². The molecule has 0 aliphatic heterocycles. The van der Waals surface area contributed by atoms with Gasteiger partial charge in [0, 0.05) is 5.96 Å². The molecular weight excluding hydrogens is 97.0 g/mol. The van der Waals surface area contributed by atoms with Crippen LogP contribution in [0.1, 0.15) is 0 Å². The van der Waals surface area contributed by atoms with Gasteiger partial charge in [-0.25, -0.2) is 0 Å². The van der Waals surface area contributed by atoms with Crippen LogP contribution in [0.25, 0.3) is 5.41 Å². The van der Waals surface area contributed by atoms with Gasteiger partial charge in [0.25, 0.3) is 0 Å². The fourth-order valence-corrected chi connectivity index (χ4v) is 0.224. The van der Waals surface area contributed by atoms with Crippen LogP contribution in [-0.2, 0) is 0 Å². The van der Waals surface area contributed by atoms with E-state index in [1.165, 1.54) is 0 Å². The molecule has 0 spiro atoms. The molecule has 3 nitrogen and oxygen atoms in total. The largest absolute Gasteiger partial charge is 1.00 e. The summed E-state index contributed by atoms with van der Waals surface area (Å²) in [6.07, 6.45) is 0. The van der Waals surface area contributed by atoms with Crippen LogP contribution in [0.2, 0.25) is 0 Å². The molecule has 0 aromatic carbocycles. The third-order valence-electron chi connectivity index (χ3n) is 0.647. The summed E-state index contributed by atoms with van der Waals surface area (Å²) in [5.74, 6) is 0.181. The van der Waals surface area contributed by atoms with Gasteiger partial charge in [0.15, 0.2) is 0 Å². The van der Waals surface area contributed by atoms with Crippen LogP contribution in [0.4, 0.5) is 0 Å². The Bertz CT molecular complexity index is 71.7. The summed E-state index contributed by atoms with van der Waals surface area (Å²) < 4.78 is 0. The van der Waals surface area contributed by atoms with Crippen molar-refractivity contribution >= 4 is 5.96 Å². The first kappa shape index (κ1) is 10.8. The molecule has 42 valence electrons. The molecule has 0 aliphatic rings. The van der Waals surface area contributed by atoms with Gasteiger partial charge in [0.1, 0.15) is 0 Å². The Morgan fingerprint density at radius 2 is 1.88 bits per heavy atom. The average Bonchev–Trinajstić information content (AvgIpc) is 1.65. The Kier molecular flexibility index (Phi) is 6.75. The number of nitrogens with zero attached hydrogens (tertiary/aromatic N) is 2. The average molecular weight is 107 g/mol. The second-order valence-corrected chi connectivity index (χ2v) is 1.47. The monoisotopic (exact) mass is 107 g/mol. The number of hydrogen-bond acceptors (Lipinski definition) is 0. The Labute approximate surface area is 62.1 Å². The first-order chi connectivity index (χ1) is 3.18. The second kappa shape index (κ2) is 5.01. The quantitative estimate of drug-likeness (QED) is 0.200. The van der Waals surface area contributed by atoms with Crippen LogP contribution in [0.3, 0.4) is 0 Å². The minimum Gasteiger partial charge on any atom is -0.443 e. The van der Waals surface area contributed by atoms with Gasteiger partial charge in [-0.2, -0.15) is 0 Å². The first-order valence-electron chi connectivity index (χ1n) is 2.09. The summed E-state index contributed by atoms with van der Waals surface area (Å²) in [5.41, 5.74) is 0. The summed E-state index contributed by atoms with van der Waals surface area (Å²) in [5, 5.41) is 11.2. The van der Waals surface area contributed by atoms with E-state index in [1.807, 2.05) is 0 Å². The van der Waals surface area contributed by atoms with Crippen molar-refractivity contribution in [2.75, 3.05) is 21.1 Å². The van der Waals surface area contributed by atoms with E-state index in [2.05, 4.69) is 5.32 Å². The standard InChI is InChI=1S/C4H10N3.Li/c1-6-4(5)7(2)3;/h1-3H3,(H-,5,6);/q-1;+1. The predicted octanol–water partition coefficient (Wildman–Crippen LogP) is -3.30. The first-order valence-corrected chi connectivity index (χ1v) is 2.09. The molecule has 0 rings (SSSR count). The summed E-state index contributed by atoms with van der Waals surface area (Å²) in [7, 11) is 5.17. The SMILES string of the molecule is CNC(=[N-])N(C)C.[Li+]. The maximum Gasteiger partial charge on any atom is 1.00 e. The van der Waals surface area contributed by atoms with Crippen LogP contribution in [0, 0.1) is 0 Å². The molecule has 0 aromatic heterocycles. The number of guanidine groups is 1. The van der Waals surface area contributed by atoms with Crippen molar-refractivity contribution in [3.63, 3.8) is 0 Å². The predicted molar refractivity (Wildman–Crippen MR) is 31.1 cm³/mol. The second-order valence-electron chi connectivity index (χ2n) is 1.47. The zero-order valence-electron chi connectivity index (χ0n) is 5.89. The fraction of sp³-hybridized carbons (Fsp3) is 0.750. The molecule has 0 aromatic rings. The summed E-state index contributed by atoms with van der Waals surface area (Å²) in [6, 6.07) is 0. The van der Waals surface area contributed by atoms with Crippen LogP contribution >= 0.6 is 0 Å². The van der Waals surface area contributed by atoms with Gasteiger partial charge in [0.2, 0.25) is 0 Å². The maximum atomic E-state index is 8.67. The number of rotatable bonds is 0. The van der Waals surface area contributed by atoms with E-state index in [0.29, 0.717) is 0 Å². The Morgan fingerprint density at radius 3 is 1.88 bits per heavy atom. The van der Waals surface area contributed by atoms with Gasteiger partial charge in [-0.15, -0.1) is 0 Å². The van der Waals surface area contributed by atoms with Gasteiger partial charge < -0.3 is 15.6 Å². The molecule has 0 aliphatic carbocycles. The maximum absolute atomic E-state index is 8.67. The number of hydrogen-bond donors (Lipinski definition) is 1. The van der Waals surface area contributed by atoms with Crippen molar-refractivity contribution in [1.82, 2.24) is 10.2 Å². The zero-order chi connectivity index (χ0) is 5.86. The van der Waals surface area contributed by atoms with Crippen molar-refractivity contribution in [2.24, 2.45) is 0 Å². The molecule has 4 heteroatoms. The van der Waals surface area contributed by atoms with Crippen molar-refractivity contribution in [1.29, 1.82) is 0 Å². The zero-order valence-corrected chi connectivity index (χ0v) is 5.89. The minimum absolute atomic E-state index is 0. The summed E-state index contributed by atoms with van der Waals surface area (Å²) >= 11 is 0. The molecule has 1 N–H and O–H groups in total. The molecule has 0 saturated carbocycles. The molecule has 0 heterocycles. The van der Waals surface area contributed by atoms with E-state index in [1.54, 1.807) is 26.0 Å². The summed E-state index contributed by atoms with van der Waals surface area (Å²) in [6.45, 7) is 0. The Balaban J connectivity index is 0. The topological polar surface area (TPSA) is 37.6 Å². The van der Waals surface area contributed by atoms with Gasteiger partial charge in [-0.3, -0.25) is 0 Å². The molecule has 0 atom stereocenters. The van der Waals surface area contributed by atoms with Crippen LogP contribution in [-0.4, -0.2) is 32.0 Å². The molecule has 0 unspecified atom stereocenters. The molecule has 0 radical (unpaired) electrons. The smallest absolute Gasteiger partial charge is 0.443 e. The molecule has 0 bridgehead atoms. The van der Waals surface area contributed by atoms with Crippen LogP contribution in [0.5, 0.6) is 0 Å². The van der Waals surface area contributed by atoms with Crippen LogP contribution < -0.4 is 24.2 Å². The normalized spacial score (nSPS) is 6.88. The van der Waals surface area contributed by atoms with E-state index in [-0.39, 0.29) is 24.8 Å². The van der Waals surface area contributed by atoms with Gasteiger partial charge in [-0.1, -0.05) is 0 Å². The Hall–Kier alpha value is -0.133. The van der Waals surface area contributed by atoms with Gasteiger partial charge in [0.05, 0.1) is 0 Å². The third kappa shape index (κ3) is 4.04. The summed E-state index contributed by atoms with van der Waals surface area (Å²) in [4.78, 5) is 1.58. The van der Waals surface area contributed by atoms with Crippen molar-refractivity contribution in [3.8, 4) is 0 Å². The van der Waals surface area contributed by atoms with E-state index < -0.39 is 0 Å². The number of nitrogens with one attached hydrogen (secondary N) is 1. The Morgan fingerprint density at radius 1 is 1.50 bits per heavy atom. The van der Waals surface area contributed by atoms with E-state index in [0.717, 1.165) is 0 Å². The van der Waals surface area contributed by atoms with Gasteiger partial charge >= 0.3 is 18.9 Å². The molecule has 0 fully saturated rings. The fourth-order valence-electron chi connectivity index (χ4n) is 0.224. The van der Waals surface area contributed by atoms with Gasteiger partial charge in [-0.05, 0) is 21.1 Å². The minimum atomic E-state index is 0. The molecular formula is C4H10LiN3. The van der Waals surface area contributed by atoms with Crippen molar-refractivity contribution in [3.05, 3.63) is 5.41 Å². The van der Waals surface area contributed by atoms with Crippen molar-refractivity contribution in [2.45, 2.75) is 0 Å². The van der Waals surface area contributed by atoms with Crippen LogP contribution in [0.15, 0.2) is 0 Å².